The average molecular weight is 270 g/mol. The summed E-state index contributed by atoms with van der Waals surface area (Å²) in [6, 6.07) is 7.82. The van der Waals surface area contributed by atoms with E-state index in [0.29, 0.717) is 6.10 Å². The molecule has 4 nitrogen and oxygen atoms in total. The zero-order valence-corrected chi connectivity index (χ0v) is 11.7. The standard InChI is InChI=1S/C16H18N2O2/c1-10(2)14-15(17-9-18-16(14)19)11-4-3-5-13(8-11)20-12-6-7-12/h3-5,8-10,12H,6-7H2,1-2H3,(H,17,18,19). The molecule has 1 aromatic heterocycles. The van der Waals surface area contributed by atoms with Crippen molar-refractivity contribution in [2.45, 2.75) is 38.7 Å². The Morgan fingerprint density at radius 2 is 2.15 bits per heavy atom. The monoisotopic (exact) mass is 270 g/mol. The number of nitrogens with zero attached hydrogens (tertiary/aromatic N) is 1. The molecule has 0 radical (unpaired) electrons. The van der Waals surface area contributed by atoms with Crippen molar-refractivity contribution in [3.05, 3.63) is 46.5 Å². The van der Waals surface area contributed by atoms with E-state index in [4.69, 9.17) is 4.74 Å². The molecule has 1 heterocycles. The van der Waals surface area contributed by atoms with Crippen LogP contribution >= 0.6 is 0 Å². The number of aromatic amines is 1. The Balaban J connectivity index is 2.04. The van der Waals surface area contributed by atoms with Crippen LogP contribution in [0.2, 0.25) is 0 Å². The van der Waals surface area contributed by atoms with Gasteiger partial charge in [-0.25, -0.2) is 4.98 Å². The van der Waals surface area contributed by atoms with Crippen molar-refractivity contribution in [2.24, 2.45) is 0 Å². The Labute approximate surface area is 117 Å². The van der Waals surface area contributed by atoms with E-state index in [0.717, 1.165) is 35.4 Å². The fourth-order valence-electron chi connectivity index (χ4n) is 2.27. The molecule has 1 N–H and O–H groups in total. The molecule has 0 atom stereocenters. The molecule has 0 saturated heterocycles. The van der Waals surface area contributed by atoms with Crippen LogP contribution in [-0.2, 0) is 0 Å². The third-order valence-electron chi connectivity index (χ3n) is 3.40. The summed E-state index contributed by atoms with van der Waals surface area (Å²) in [5.74, 6) is 0.970. The van der Waals surface area contributed by atoms with E-state index in [1.165, 1.54) is 6.33 Å². The predicted molar refractivity (Wildman–Crippen MR) is 78.0 cm³/mol. The number of rotatable bonds is 4. The van der Waals surface area contributed by atoms with Crippen LogP contribution in [0.5, 0.6) is 5.75 Å². The smallest absolute Gasteiger partial charge is 0.254 e. The number of hydrogen-bond acceptors (Lipinski definition) is 3. The number of nitrogens with one attached hydrogen (secondary N) is 1. The Bertz CT molecular complexity index is 672. The maximum atomic E-state index is 12.0. The second-order valence-corrected chi connectivity index (χ2v) is 5.49. The summed E-state index contributed by atoms with van der Waals surface area (Å²) in [6.45, 7) is 4.00. The highest BCUT2D eigenvalue weighted by Crippen LogP contribution is 2.30. The topological polar surface area (TPSA) is 55.0 Å². The first-order chi connectivity index (χ1) is 9.65. The molecule has 3 rings (SSSR count). The Morgan fingerprint density at radius 3 is 2.85 bits per heavy atom. The van der Waals surface area contributed by atoms with Crippen molar-refractivity contribution >= 4 is 0 Å². The van der Waals surface area contributed by atoms with Gasteiger partial charge in [0, 0.05) is 11.1 Å². The second kappa shape index (κ2) is 5.12. The van der Waals surface area contributed by atoms with Gasteiger partial charge in [-0.2, -0.15) is 0 Å². The van der Waals surface area contributed by atoms with Gasteiger partial charge in [-0.15, -0.1) is 0 Å². The molecule has 1 saturated carbocycles. The minimum absolute atomic E-state index is 0.0708. The van der Waals surface area contributed by atoms with Crippen molar-refractivity contribution in [1.29, 1.82) is 0 Å². The van der Waals surface area contributed by atoms with Crippen LogP contribution in [0.15, 0.2) is 35.4 Å². The van der Waals surface area contributed by atoms with Gasteiger partial charge in [0.1, 0.15) is 5.75 Å². The summed E-state index contributed by atoms with van der Waals surface area (Å²) >= 11 is 0. The van der Waals surface area contributed by atoms with E-state index in [9.17, 15) is 4.79 Å². The zero-order chi connectivity index (χ0) is 14.1. The molecule has 1 aromatic carbocycles. The lowest BCUT2D eigenvalue weighted by Gasteiger charge is -2.11. The lowest BCUT2D eigenvalue weighted by Crippen LogP contribution is -2.16. The van der Waals surface area contributed by atoms with Crippen LogP contribution in [0.1, 0.15) is 38.2 Å². The summed E-state index contributed by atoms with van der Waals surface area (Å²) < 4.78 is 5.80. The third kappa shape index (κ3) is 2.59. The van der Waals surface area contributed by atoms with E-state index < -0.39 is 0 Å². The summed E-state index contributed by atoms with van der Waals surface area (Å²) in [6.07, 6.45) is 4.08. The zero-order valence-electron chi connectivity index (χ0n) is 11.7. The van der Waals surface area contributed by atoms with Gasteiger partial charge in [0.05, 0.1) is 18.1 Å². The molecule has 0 aliphatic heterocycles. The summed E-state index contributed by atoms with van der Waals surface area (Å²) in [5, 5.41) is 0. The lowest BCUT2D eigenvalue weighted by atomic mass is 9.98. The largest absolute Gasteiger partial charge is 0.490 e. The Morgan fingerprint density at radius 1 is 1.35 bits per heavy atom. The molecule has 0 amide bonds. The number of H-pyrrole nitrogens is 1. The maximum Gasteiger partial charge on any atom is 0.254 e. The highest BCUT2D eigenvalue weighted by Gasteiger charge is 2.23. The fourth-order valence-corrected chi connectivity index (χ4v) is 2.27. The summed E-state index contributed by atoms with van der Waals surface area (Å²) in [4.78, 5) is 19.0. The number of aromatic nitrogens is 2. The van der Waals surface area contributed by atoms with Gasteiger partial charge in [0.15, 0.2) is 0 Å². The Kier molecular flexibility index (Phi) is 3.30. The second-order valence-electron chi connectivity index (χ2n) is 5.49. The molecule has 1 aliphatic carbocycles. The normalized spacial score (nSPS) is 14.6. The number of ether oxygens (including phenoxy) is 1. The van der Waals surface area contributed by atoms with Gasteiger partial charge in [0.2, 0.25) is 0 Å². The molecule has 0 bridgehead atoms. The molecule has 2 aromatic rings. The van der Waals surface area contributed by atoms with Crippen molar-refractivity contribution in [3.8, 4) is 17.0 Å². The number of hydrogen-bond donors (Lipinski definition) is 1. The minimum atomic E-state index is -0.0708. The first-order valence-electron chi connectivity index (χ1n) is 7.00. The van der Waals surface area contributed by atoms with Crippen LogP contribution in [0.25, 0.3) is 11.3 Å². The van der Waals surface area contributed by atoms with Gasteiger partial charge in [-0.05, 0) is 30.9 Å². The van der Waals surface area contributed by atoms with Gasteiger partial charge < -0.3 is 9.72 Å². The van der Waals surface area contributed by atoms with Gasteiger partial charge in [-0.3, -0.25) is 4.79 Å². The van der Waals surface area contributed by atoms with E-state index in [2.05, 4.69) is 9.97 Å². The highest BCUT2D eigenvalue weighted by molar-refractivity contribution is 5.64. The van der Waals surface area contributed by atoms with E-state index in [1.54, 1.807) is 0 Å². The SMILES string of the molecule is CC(C)c1c(-c2cccc(OC3CC3)c2)nc[nH]c1=O. The number of benzene rings is 1. The molecule has 104 valence electrons. The molecule has 0 unspecified atom stereocenters. The van der Waals surface area contributed by atoms with Gasteiger partial charge in [0.25, 0.3) is 5.56 Å². The predicted octanol–water partition coefficient (Wildman–Crippen LogP) is 3.10. The van der Waals surface area contributed by atoms with Crippen LogP contribution in [0.3, 0.4) is 0 Å². The van der Waals surface area contributed by atoms with Crippen LogP contribution < -0.4 is 10.3 Å². The van der Waals surface area contributed by atoms with E-state index in [1.807, 2.05) is 38.1 Å². The van der Waals surface area contributed by atoms with Crippen LogP contribution in [0.4, 0.5) is 0 Å². The van der Waals surface area contributed by atoms with E-state index in [-0.39, 0.29) is 11.5 Å². The van der Waals surface area contributed by atoms with E-state index >= 15 is 0 Å². The van der Waals surface area contributed by atoms with Crippen molar-refractivity contribution in [1.82, 2.24) is 9.97 Å². The Hall–Kier alpha value is -2.10. The van der Waals surface area contributed by atoms with Crippen LogP contribution in [-0.4, -0.2) is 16.1 Å². The molecule has 1 aliphatic rings. The molecular weight excluding hydrogens is 252 g/mol. The van der Waals surface area contributed by atoms with Gasteiger partial charge in [-0.1, -0.05) is 26.0 Å². The maximum absolute atomic E-state index is 12.0. The average Bonchev–Trinajstić information content (AvgIpc) is 3.22. The van der Waals surface area contributed by atoms with Crippen molar-refractivity contribution in [2.75, 3.05) is 0 Å². The molecule has 20 heavy (non-hydrogen) atoms. The molecule has 0 spiro atoms. The van der Waals surface area contributed by atoms with Gasteiger partial charge >= 0.3 is 0 Å². The quantitative estimate of drug-likeness (QED) is 0.928. The highest BCUT2D eigenvalue weighted by atomic mass is 16.5. The fraction of sp³-hybridized carbons (Fsp3) is 0.375. The van der Waals surface area contributed by atoms with Crippen molar-refractivity contribution in [3.63, 3.8) is 0 Å². The third-order valence-corrected chi connectivity index (χ3v) is 3.40. The first-order valence-corrected chi connectivity index (χ1v) is 7.00. The molecule has 4 heteroatoms. The van der Waals surface area contributed by atoms with Crippen molar-refractivity contribution < 1.29 is 4.74 Å². The summed E-state index contributed by atoms with van der Waals surface area (Å²) in [5.41, 5.74) is 2.32. The molecule has 1 fully saturated rings. The molecular formula is C16H18N2O2. The lowest BCUT2D eigenvalue weighted by molar-refractivity contribution is 0.303. The minimum Gasteiger partial charge on any atom is -0.490 e. The first kappa shape index (κ1) is 12.9. The summed E-state index contributed by atoms with van der Waals surface area (Å²) in [7, 11) is 0. The van der Waals surface area contributed by atoms with Crippen LogP contribution in [0, 0.1) is 0 Å².